The summed E-state index contributed by atoms with van der Waals surface area (Å²) in [4.78, 5) is 2.41. The summed E-state index contributed by atoms with van der Waals surface area (Å²) in [6.45, 7) is 12.1. The van der Waals surface area contributed by atoms with E-state index in [1.807, 2.05) is 0 Å². The van der Waals surface area contributed by atoms with E-state index >= 15 is 0 Å². The van der Waals surface area contributed by atoms with Crippen LogP contribution < -0.4 is 0 Å². The van der Waals surface area contributed by atoms with Gasteiger partial charge >= 0.3 is 7.60 Å². The molecule has 0 spiro atoms. The maximum atomic E-state index is 14.6. The fraction of sp³-hybridized carbons (Fsp3) is 1.00. The van der Waals surface area contributed by atoms with Crippen molar-refractivity contribution in [1.82, 2.24) is 4.90 Å². The minimum atomic E-state index is -3.21. The second kappa shape index (κ2) is 32.0. The van der Waals surface area contributed by atoms with Crippen LogP contribution in [0.4, 0.5) is 0 Å². The summed E-state index contributed by atoms with van der Waals surface area (Å²) in [7, 11) is -3.21. The van der Waals surface area contributed by atoms with Crippen molar-refractivity contribution in [3.8, 4) is 0 Å². The highest BCUT2D eigenvalue weighted by Gasteiger charge is 2.29. The third kappa shape index (κ3) is 24.8. The van der Waals surface area contributed by atoms with E-state index in [0.717, 1.165) is 13.0 Å². The number of aliphatic hydroxyl groups is 1. The zero-order valence-corrected chi connectivity index (χ0v) is 33.2. The fourth-order valence-corrected chi connectivity index (χ4v) is 8.93. The lowest BCUT2D eigenvalue weighted by Gasteiger charge is -2.37. The predicted octanol–water partition coefficient (Wildman–Crippen LogP) is 13.1. The summed E-state index contributed by atoms with van der Waals surface area (Å²) in [5.74, 6) is 0.951. The van der Waals surface area contributed by atoms with Crippen LogP contribution >= 0.6 is 7.60 Å². The molecule has 0 saturated heterocycles. The second-order valence-corrected chi connectivity index (χ2v) is 17.4. The van der Waals surface area contributed by atoms with Crippen LogP contribution in [-0.4, -0.2) is 55.1 Å². The van der Waals surface area contributed by atoms with Crippen molar-refractivity contribution in [2.45, 2.75) is 214 Å². The Kier molecular flexibility index (Phi) is 30.7. The minimum Gasteiger partial charge on any atom is -0.395 e. The van der Waals surface area contributed by atoms with Crippen molar-refractivity contribution in [3.63, 3.8) is 0 Å². The number of rotatable bonds is 37. The Morgan fingerprint density at radius 2 is 0.957 bits per heavy atom. The van der Waals surface area contributed by atoms with Crippen molar-refractivity contribution < 1.29 is 18.7 Å². The predicted molar refractivity (Wildman–Crippen MR) is 206 cm³/mol. The quantitative estimate of drug-likeness (QED) is 0.0521. The standard InChI is InChI=1S/C41H84NO4P/c1-5-9-13-17-19-23-29-39(27-21-15-11-7-3)37-45-47(44,36-26-33-42(34-35-43)41-31-25-32-41)46-38-40(28-22-16-12-8-4)30-24-20-18-14-10-6-2/h39-41,43H,5-38H2,1-4H3. The van der Waals surface area contributed by atoms with Gasteiger partial charge in [0, 0.05) is 12.6 Å². The molecular formula is C41H84NO4P. The molecule has 1 aliphatic rings. The van der Waals surface area contributed by atoms with Gasteiger partial charge in [-0.25, -0.2) is 0 Å². The molecule has 0 aromatic heterocycles. The van der Waals surface area contributed by atoms with Gasteiger partial charge < -0.3 is 14.2 Å². The number of hydrogen-bond donors (Lipinski definition) is 1. The van der Waals surface area contributed by atoms with Crippen molar-refractivity contribution >= 4 is 7.60 Å². The maximum absolute atomic E-state index is 14.6. The van der Waals surface area contributed by atoms with E-state index in [9.17, 15) is 9.67 Å². The average Bonchev–Trinajstić information content (AvgIpc) is 3.04. The van der Waals surface area contributed by atoms with Gasteiger partial charge in [0.15, 0.2) is 0 Å². The Balaban J connectivity index is 2.87. The summed E-state index contributed by atoms with van der Waals surface area (Å²) in [6.07, 6.45) is 35.7. The first-order valence-corrected chi connectivity index (χ1v) is 23.0. The summed E-state index contributed by atoms with van der Waals surface area (Å²) < 4.78 is 27.6. The summed E-state index contributed by atoms with van der Waals surface area (Å²) in [5, 5.41) is 9.68. The third-order valence-corrected chi connectivity index (χ3v) is 12.7. The molecular weight excluding hydrogens is 601 g/mol. The molecule has 1 aliphatic carbocycles. The van der Waals surface area contributed by atoms with Crippen LogP contribution in [0.25, 0.3) is 0 Å². The van der Waals surface area contributed by atoms with Crippen LogP contribution in [0.15, 0.2) is 0 Å². The van der Waals surface area contributed by atoms with E-state index in [-0.39, 0.29) is 6.61 Å². The number of nitrogens with zero attached hydrogens (tertiary/aromatic N) is 1. The molecule has 0 bridgehead atoms. The van der Waals surface area contributed by atoms with Gasteiger partial charge in [0.05, 0.1) is 26.0 Å². The molecule has 282 valence electrons. The molecule has 2 atom stereocenters. The van der Waals surface area contributed by atoms with E-state index in [1.165, 1.54) is 173 Å². The van der Waals surface area contributed by atoms with Gasteiger partial charge in [0.1, 0.15) is 0 Å². The van der Waals surface area contributed by atoms with Gasteiger partial charge in [-0.15, -0.1) is 0 Å². The van der Waals surface area contributed by atoms with Gasteiger partial charge in [-0.1, -0.05) is 163 Å². The first kappa shape index (κ1) is 45.1. The molecule has 0 amide bonds. The van der Waals surface area contributed by atoms with Crippen LogP contribution in [0, 0.1) is 11.8 Å². The highest BCUT2D eigenvalue weighted by Crippen LogP contribution is 2.50. The molecule has 5 nitrogen and oxygen atoms in total. The lowest BCUT2D eigenvalue weighted by molar-refractivity contribution is 0.100. The summed E-state index contributed by atoms with van der Waals surface area (Å²) in [6, 6.07) is 0.582. The van der Waals surface area contributed by atoms with Crippen molar-refractivity contribution in [2.75, 3.05) is 39.1 Å². The van der Waals surface area contributed by atoms with Crippen molar-refractivity contribution in [1.29, 1.82) is 0 Å². The maximum Gasteiger partial charge on any atom is 0.330 e. The lowest BCUT2D eigenvalue weighted by Crippen LogP contribution is -2.42. The summed E-state index contributed by atoms with van der Waals surface area (Å²) in [5.41, 5.74) is 0. The molecule has 2 unspecified atom stereocenters. The second-order valence-electron chi connectivity index (χ2n) is 15.2. The van der Waals surface area contributed by atoms with E-state index in [4.69, 9.17) is 9.05 Å². The van der Waals surface area contributed by atoms with E-state index in [1.54, 1.807) is 0 Å². The highest BCUT2D eigenvalue weighted by molar-refractivity contribution is 7.53. The SMILES string of the molecule is CCCCCCCCC(CCCCCC)COP(=O)(CCCN(CCO)C1CCC1)OCC(CCCCCC)CCCCCCCC. The zero-order chi connectivity index (χ0) is 34.3. The molecule has 0 aliphatic heterocycles. The molecule has 1 fully saturated rings. The van der Waals surface area contributed by atoms with Crippen LogP contribution in [0.5, 0.6) is 0 Å². The van der Waals surface area contributed by atoms with Crippen LogP contribution in [0.1, 0.15) is 207 Å². The Bertz CT molecular complexity index is 663. The molecule has 0 heterocycles. The Hall–Kier alpha value is 0.0700. The first-order valence-electron chi connectivity index (χ1n) is 21.2. The molecule has 0 aromatic rings. The van der Waals surface area contributed by atoms with Crippen LogP contribution in [-0.2, 0) is 13.6 Å². The van der Waals surface area contributed by atoms with E-state index in [0.29, 0.717) is 43.8 Å². The zero-order valence-electron chi connectivity index (χ0n) is 32.3. The first-order chi connectivity index (χ1) is 23.0. The number of unbranched alkanes of at least 4 members (excludes halogenated alkanes) is 16. The van der Waals surface area contributed by atoms with Gasteiger partial charge in [-0.3, -0.25) is 9.46 Å². The summed E-state index contributed by atoms with van der Waals surface area (Å²) >= 11 is 0. The van der Waals surface area contributed by atoms with Crippen molar-refractivity contribution in [3.05, 3.63) is 0 Å². The monoisotopic (exact) mass is 686 g/mol. The smallest absolute Gasteiger partial charge is 0.330 e. The van der Waals surface area contributed by atoms with Crippen LogP contribution in [0.3, 0.4) is 0 Å². The average molecular weight is 686 g/mol. The minimum absolute atomic E-state index is 0.192. The molecule has 6 heteroatoms. The molecule has 0 aromatic carbocycles. The molecule has 1 saturated carbocycles. The van der Waals surface area contributed by atoms with Crippen LogP contribution in [0.2, 0.25) is 0 Å². The fourth-order valence-electron chi connectivity index (χ4n) is 7.20. The normalized spacial score (nSPS) is 16.4. The lowest BCUT2D eigenvalue weighted by atomic mass is 9.91. The largest absolute Gasteiger partial charge is 0.395 e. The molecule has 0 radical (unpaired) electrons. The van der Waals surface area contributed by atoms with Gasteiger partial charge in [0.2, 0.25) is 0 Å². The Morgan fingerprint density at radius 1 is 0.574 bits per heavy atom. The number of aliphatic hydroxyl groups excluding tert-OH is 1. The number of hydrogen-bond acceptors (Lipinski definition) is 5. The van der Waals surface area contributed by atoms with E-state index < -0.39 is 7.60 Å². The Morgan fingerprint density at radius 3 is 1.32 bits per heavy atom. The topological polar surface area (TPSA) is 59.0 Å². The Labute approximate surface area is 295 Å². The van der Waals surface area contributed by atoms with Crippen molar-refractivity contribution in [2.24, 2.45) is 11.8 Å². The molecule has 47 heavy (non-hydrogen) atoms. The van der Waals surface area contributed by atoms with Gasteiger partial charge in [-0.05, 0) is 63.3 Å². The van der Waals surface area contributed by atoms with E-state index in [2.05, 4.69) is 32.6 Å². The third-order valence-electron chi connectivity index (χ3n) is 10.7. The van der Waals surface area contributed by atoms with Gasteiger partial charge in [-0.2, -0.15) is 0 Å². The molecule has 1 N–H and O–H groups in total. The van der Waals surface area contributed by atoms with Gasteiger partial charge in [0.25, 0.3) is 0 Å². The molecule has 1 rings (SSSR count). The highest BCUT2D eigenvalue weighted by atomic mass is 31.2.